The summed E-state index contributed by atoms with van der Waals surface area (Å²) in [6.45, 7) is 0. The Balaban J connectivity index is 1.60. The highest BCUT2D eigenvalue weighted by Gasteiger charge is 2.31. The summed E-state index contributed by atoms with van der Waals surface area (Å²) in [4.78, 5) is 17.6. The number of anilines is 1. The lowest BCUT2D eigenvalue weighted by atomic mass is 10.2. The van der Waals surface area contributed by atoms with E-state index in [1.807, 2.05) is 60.7 Å². The van der Waals surface area contributed by atoms with Gasteiger partial charge in [-0.2, -0.15) is 5.01 Å². The summed E-state index contributed by atoms with van der Waals surface area (Å²) in [6.07, 6.45) is 1.77. The zero-order valence-electron chi connectivity index (χ0n) is 15.5. The highest BCUT2D eigenvalue weighted by Crippen LogP contribution is 2.27. The summed E-state index contributed by atoms with van der Waals surface area (Å²) < 4.78 is 0. The number of amides is 1. The summed E-state index contributed by atoms with van der Waals surface area (Å²) in [7, 11) is 0. The van der Waals surface area contributed by atoms with E-state index in [-0.39, 0.29) is 5.91 Å². The van der Waals surface area contributed by atoms with Gasteiger partial charge < -0.3 is 0 Å². The molecule has 29 heavy (non-hydrogen) atoms. The van der Waals surface area contributed by atoms with Crippen LogP contribution in [0.3, 0.4) is 0 Å². The number of thioether (sulfide) groups is 1. The van der Waals surface area contributed by atoms with Gasteiger partial charge in [-0.15, -0.1) is 0 Å². The van der Waals surface area contributed by atoms with Gasteiger partial charge in [0.05, 0.1) is 5.69 Å². The van der Waals surface area contributed by atoms with Crippen molar-refractivity contribution in [2.75, 3.05) is 5.43 Å². The molecule has 0 fully saturated rings. The molecule has 3 aromatic rings. The third-order valence-corrected chi connectivity index (χ3v) is 5.49. The van der Waals surface area contributed by atoms with Gasteiger partial charge in [0.2, 0.25) is 0 Å². The molecule has 6 heteroatoms. The Labute approximate surface area is 178 Å². The van der Waals surface area contributed by atoms with Crippen molar-refractivity contribution >= 4 is 46.2 Å². The van der Waals surface area contributed by atoms with Crippen molar-refractivity contribution in [1.29, 1.82) is 0 Å². The van der Waals surface area contributed by atoms with Crippen LogP contribution in [0.5, 0.6) is 0 Å². The van der Waals surface area contributed by atoms with Crippen LogP contribution in [-0.4, -0.2) is 16.1 Å². The molecule has 4 nitrogen and oxygen atoms in total. The molecule has 4 rings (SSSR count). The van der Waals surface area contributed by atoms with Crippen LogP contribution in [0.2, 0.25) is 5.02 Å². The molecule has 0 aliphatic carbocycles. The van der Waals surface area contributed by atoms with Gasteiger partial charge in [0.1, 0.15) is 5.70 Å². The number of aliphatic imine (C=N–C) groups is 1. The molecule has 0 bridgehead atoms. The minimum Gasteiger partial charge on any atom is -0.289 e. The minimum absolute atomic E-state index is 0.195. The Morgan fingerprint density at radius 2 is 1.59 bits per heavy atom. The van der Waals surface area contributed by atoms with Crippen LogP contribution >= 0.6 is 23.4 Å². The number of hydrogen-bond acceptors (Lipinski definition) is 4. The molecule has 1 amide bonds. The Morgan fingerprint density at radius 1 is 0.931 bits per heavy atom. The molecule has 1 aliphatic rings. The van der Waals surface area contributed by atoms with Crippen LogP contribution < -0.4 is 5.43 Å². The highest BCUT2D eigenvalue weighted by molar-refractivity contribution is 8.13. The predicted octanol–water partition coefficient (Wildman–Crippen LogP) is 5.84. The molecule has 3 aromatic carbocycles. The number of benzene rings is 3. The number of amidine groups is 1. The Bertz CT molecular complexity index is 1050. The SMILES string of the molecule is O=C1/C(=C/c2ccc(Cl)cc2)N=C(SCc2ccccc2)N1Nc1ccccc1. The smallest absolute Gasteiger partial charge is 0.289 e. The maximum Gasteiger partial charge on any atom is 0.297 e. The van der Waals surface area contributed by atoms with Crippen molar-refractivity contribution in [3.63, 3.8) is 0 Å². The lowest BCUT2D eigenvalue weighted by Crippen LogP contribution is -2.36. The standard InChI is InChI=1S/C23H18ClN3OS/c24-19-13-11-17(12-14-19)15-21-22(28)27(26-20-9-5-2-6-10-20)23(25-21)29-16-18-7-3-1-4-8-18/h1-15,26H,16H2/b21-15-. The number of hydrazine groups is 1. The zero-order chi connectivity index (χ0) is 20.1. The fourth-order valence-electron chi connectivity index (χ4n) is 2.77. The summed E-state index contributed by atoms with van der Waals surface area (Å²) >= 11 is 7.47. The molecule has 0 atom stereocenters. The molecule has 0 saturated carbocycles. The predicted molar refractivity (Wildman–Crippen MR) is 122 cm³/mol. The third kappa shape index (κ3) is 4.88. The number of carbonyl (C=O) groups excluding carboxylic acids is 1. The van der Waals surface area contributed by atoms with E-state index in [1.54, 1.807) is 18.2 Å². The fraction of sp³-hybridized carbons (Fsp3) is 0.0435. The lowest BCUT2D eigenvalue weighted by molar-refractivity contribution is -0.121. The topological polar surface area (TPSA) is 44.7 Å². The minimum atomic E-state index is -0.195. The van der Waals surface area contributed by atoms with Gasteiger partial charge in [-0.3, -0.25) is 10.2 Å². The number of halogens is 1. The number of nitrogens with zero attached hydrogens (tertiary/aromatic N) is 2. The van der Waals surface area contributed by atoms with Crippen molar-refractivity contribution in [2.45, 2.75) is 5.75 Å². The molecule has 0 radical (unpaired) electrons. The quantitative estimate of drug-likeness (QED) is 0.528. The lowest BCUT2D eigenvalue weighted by Gasteiger charge is -2.19. The maximum absolute atomic E-state index is 13.0. The molecular formula is C23H18ClN3OS. The summed E-state index contributed by atoms with van der Waals surface area (Å²) in [5.41, 5.74) is 6.41. The van der Waals surface area contributed by atoms with E-state index < -0.39 is 0 Å². The maximum atomic E-state index is 13.0. The second-order valence-electron chi connectivity index (χ2n) is 6.37. The van der Waals surface area contributed by atoms with Gasteiger partial charge in [0.25, 0.3) is 5.91 Å². The first-order valence-corrected chi connectivity index (χ1v) is 10.4. The van der Waals surface area contributed by atoms with Crippen LogP contribution in [0, 0.1) is 0 Å². The van der Waals surface area contributed by atoms with Crippen LogP contribution in [-0.2, 0) is 10.5 Å². The fourth-order valence-corrected chi connectivity index (χ4v) is 3.81. The van der Waals surface area contributed by atoms with Gasteiger partial charge in [-0.25, -0.2) is 4.99 Å². The van der Waals surface area contributed by atoms with Crippen LogP contribution in [0.25, 0.3) is 6.08 Å². The first-order chi connectivity index (χ1) is 14.2. The van der Waals surface area contributed by atoms with Crippen LogP contribution in [0.1, 0.15) is 11.1 Å². The average Bonchev–Trinajstić information content (AvgIpc) is 3.04. The van der Waals surface area contributed by atoms with Gasteiger partial charge in [0, 0.05) is 10.8 Å². The Morgan fingerprint density at radius 3 is 2.28 bits per heavy atom. The molecule has 0 unspecified atom stereocenters. The molecular weight excluding hydrogens is 402 g/mol. The van der Waals surface area contributed by atoms with E-state index >= 15 is 0 Å². The number of nitrogens with one attached hydrogen (secondary N) is 1. The van der Waals surface area contributed by atoms with Crippen molar-refractivity contribution in [3.8, 4) is 0 Å². The largest absolute Gasteiger partial charge is 0.297 e. The first kappa shape index (κ1) is 19.3. The van der Waals surface area contributed by atoms with Crippen LogP contribution in [0.4, 0.5) is 5.69 Å². The molecule has 0 saturated heterocycles. The number of rotatable bonds is 5. The summed E-state index contributed by atoms with van der Waals surface area (Å²) in [5.74, 6) is 0.521. The number of para-hydroxylation sites is 1. The zero-order valence-corrected chi connectivity index (χ0v) is 17.0. The van der Waals surface area contributed by atoms with Gasteiger partial charge in [-0.1, -0.05) is 84.0 Å². The molecule has 0 spiro atoms. The van der Waals surface area contributed by atoms with Crippen molar-refractivity contribution in [2.24, 2.45) is 4.99 Å². The molecule has 1 N–H and O–H groups in total. The second-order valence-corrected chi connectivity index (χ2v) is 7.75. The van der Waals surface area contributed by atoms with Crippen LogP contribution in [0.15, 0.2) is 95.6 Å². The molecule has 1 heterocycles. The second kappa shape index (κ2) is 8.99. The third-order valence-electron chi connectivity index (χ3n) is 4.23. The summed E-state index contributed by atoms with van der Waals surface area (Å²) in [5, 5.41) is 2.77. The molecule has 0 aromatic heterocycles. The first-order valence-electron chi connectivity index (χ1n) is 9.08. The number of hydrogen-bond donors (Lipinski definition) is 1. The van der Waals surface area contributed by atoms with Crippen molar-refractivity contribution < 1.29 is 4.79 Å². The van der Waals surface area contributed by atoms with E-state index in [2.05, 4.69) is 22.6 Å². The highest BCUT2D eigenvalue weighted by atomic mass is 35.5. The van der Waals surface area contributed by atoms with E-state index in [0.717, 1.165) is 11.3 Å². The number of carbonyl (C=O) groups is 1. The van der Waals surface area contributed by atoms with Crippen molar-refractivity contribution in [3.05, 3.63) is 107 Å². The van der Waals surface area contributed by atoms with Gasteiger partial charge in [0.15, 0.2) is 5.17 Å². The Kier molecular flexibility index (Phi) is 5.98. The van der Waals surface area contributed by atoms with Crippen molar-refractivity contribution in [1.82, 2.24) is 5.01 Å². The summed E-state index contributed by atoms with van der Waals surface area (Å²) in [6, 6.07) is 27.0. The Hall–Kier alpha value is -3.02. The molecule has 1 aliphatic heterocycles. The van der Waals surface area contributed by atoms with E-state index in [4.69, 9.17) is 11.6 Å². The van der Waals surface area contributed by atoms with Gasteiger partial charge in [-0.05, 0) is 41.5 Å². The molecule has 144 valence electrons. The van der Waals surface area contributed by atoms with E-state index in [9.17, 15) is 4.79 Å². The normalized spacial score (nSPS) is 14.9. The monoisotopic (exact) mass is 419 g/mol. The average molecular weight is 420 g/mol. The van der Waals surface area contributed by atoms with Gasteiger partial charge >= 0.3 is 0 Å². The van der Waals surface area contributed by atoms with E-state index in [0.29, 0.717) is 21.6 Å². The van der Waals surface area contributed by atoms with E-state index in [1.165, 1.54) is 22.3 Å².